The van der Waals surface area contributed by atoms with E-state index in [0.29, 0.717) is 13.2 Å². The van der Waals surface area contributed by atoms with E-state index in [2.05, 4.69) is 17.9 Å². The number of carbonyl (C=O) groups excluding carboxylic acids is 2. The molecule has 0 radical (unpaired) electrons. The summed E-state index contributed by atoms with van der Waals surface area (Å²) in [6.45, 7) is 11.7. The first-order valence-electron chi connectivity index (χ1n) is 8.35. The summed E-state index contributed by atoms with van der Waals surface area (Å²) in [5.41, 5.74) is 1.81. The number of hydrogen-bond acceptors (Lipinski definition) is 7. The highest BCUT2D eigenvalue weighted by Gasteiger charge is 2.18. The number of aliphatic hydroxyl groups is 2. The van der Waals surface area contributed by atoms with Gasteiger partial charge in [0.05, 0.1) is 37.6 Å². The van der Waals surface area contributed by atoms with Gasteiger partial charge < -0.3 is 24.4 Å². The molecule has 0 aliphatic heterocycles. The predicted octanol–water partition coefficient (Wildman–Crippen LogP) is 2.14. The standard InChI is InChI=1S/C16H18O4.C4H10O3/c1-11(2)9-19-15(17)13-7-5-6-8-14(13)16(18)20-10-12(3)4;5-1-3-7-4-2-6/h5-8H,1,3,9-10H2,2,4H3;5-6H,1-4H2. The Morgan fingerprint density at radius 1 is 0.852 bits per heavy atom. The summed E-state index contributed by atoms with van der Waals surface area (Å²) in [4.78, 5) is 23.8. The zero-order valence-electron chi connectivity index (χ0n) is 15.9. The predicted molar refractivity (Wildman–Crippen MR) is 102 cm³/mol. The van der Waals surface area contributed by atoms with Crippen LogP contribution in [-0.2, 0) is 14.2 Å². The Morgan fingerprint density at radius 2 is 1.22 bits per heavy atom. The van der Waals surface area contributed by atoms with Crippen molar-refractivity contribution in [3.8, 4) is 0 Å². The first kappa shape index (κ1) is 24.5. The molecule has 0 fully saturated rings. The SMILES string of the molecule is C=C(C)COC(=O)c1ccccc1C(=O)OCC(=C)C.OCCOCCO. The van der Waals surface area contributed by atoms with E-state index >= 15 is 0 Å². The monoisotopic (exact) mass is 380 g/mol. The third-order valence-electron chi connectivity index (χ3n) is 2.74. The Hall–Kier alpha value is -2.48. The number of aliphatic hydroxyl groups excluding tert-OH is 2. The molecule has 0 aliphatic carbocycles. The molecule has 0 aromatic heterocycles. The van der Waals surface area contributed by atoms with E-state index in [9.17, 15) is 9.59 Å². The zero-order chi connectivity index (χ0) is 20.7. The normalized spacial score (nSPS) is 9.63. The topological polar surface area (TPSA) is 102 Å². The minimum Gasteiger partial charge on any atom is -0.458 e. The average molecular weight is 380 g/mol. The van der Waals surface area contributed by atoms with Gasteiger partial charge in [-0.05, 0) is 37.1 Å². The summed E-state index contributed by atoms with van der Waals surface area (Å²) < 4.78 is 14.7. The molecule has 2 N–H and O–H groups in total. The van der Waals surface area contributed by atoms with Gasteiger partial charge in [0.2, 0.25) is 0 Å². The molecular formula is C20H28O7. The molecule has 7 nitrogen and oxygen atoms in total. The molecular weight excluding hydrogens is 352 g/mol. The molecule has 1 aromatic rings. The fourth-order valence-electron chi connectivity index (χ4n) is 1.60. The number of ether oxygens (including phenoxy) is 3. The lowest BCUT2D eigenvalue weighted by Crippen LogP contribution is -2.15. The van der Waals surface area contributed by atoms with Gasteiger partial charge in [0.25, 0.3) is 0 Å². The summed E-state index contributed by atoms with van der Waals surface area (Å²) >= 11 is 0. The highest BCUT2D eigenvalue weighted by atomic mass is 16.5. The van der Waals surface area contributed by atoms with Crippen LogP contribution < -0.4 is 0 Å². The quantitative estimate of drug-likeness (QED) is 0.364. The van der Waals surface area contributed by atoms with E-state index in [1.807, 2.05) is 0 Å². The van der Waals surface area contributed by atoms with Gasteiger partial charge in [0.15, 0.2) is 0 Å². The van der Waals surface area contributed by atoms with Crippen LogP contribution in [0.25, 0.3) is 0 Å². The van der Waals surface area contributed by atoms with Crippen molar-refractivity contribution in [2.45, 2.75) is 13.8 Å². The van der Waals surface area contributed by atoms with Crippen LogP contribution in [0.5, 0.6) is 0 Å². The Morgan fingerprint density at radius 3 is 1.52 bits per heavy atom. The molecule has 0 atom stereocenters. The first-order valence-corrected chi connectivity index (χ1v) is 8.35. The fraction of sp³-hybridized carbons (Fsp3) is 0.400. The Kier molecular flexibility index (Phi) is 13.3. The van der Waals surface area contributed by atoms with Crippen LogP contribution in [0.4, 0.5) is 0 Å². The number of hydrogen-bond donors (Lipinski definition) is 2. The van der Waals surface area contributed by atoms with E-state index in [0.717, 1.165) is 11.1 Å². The third kappa shape index (κ3) is 11.7. The summed E-state index contributed by atoms with van der Waals surface area (Å²) in [7, 11) is 0. The van der Waals surface area contributed by atoms with Crippen LogP contribution in [-0.4, -0.2) is 61.8 Å². The van der Waals surface area contributed by atoms with Gasteiger partial charge in [0.1, 0.15) is 13.2 Å². The van der Waals surface area contributed by atoms with Crippen LogP contribution in [0.2, 0.25) is 0 Å². The van der Waals surface area contributed by atoms with Crippen LogP contribution in [0.15, 0.2) is 48.6 Å². The van der Waals surface area contributed by atoms with Gasteiger partial charge in [-0.3, -0.25) is 0 Å². The van der Waals surface area contributed by atoms with Crippen molar-refractivity contribution < 1.29 is 34.0 Å². The van der Waals surface area contributed by atoms with Crippen molar-refractivity contribution in [2.75, 3.05) is 39.6 Å². The lowest BCUT2D eigenvalue weighted by Gasteiger charge is -2.09. The van der Waals surface area contributed by atoms with Gasteiger partial charge in [-0.25, -0.2) is 9.59 Å². The maximum atomic E-state index is 11.9. The highest BCUT2D eigenvalue weighted by molar-refractivity contribution is 6.03. The first-order chi connectivity index (χ1) is 12.8. The minimum atomic E-state index is -0.573. The molecule has 7 heteroatoms. The molecule has 0 saturated heterocycles. The summed E-state index contributed by atoms with van der Waals surface area (Å²) in [5.74, 6) is -1.15. The lowest BCUT2D eigenvalue weighted by molar-refractivity contribution is 0.0494. The Balaban J connectivity index is 0.000000821. The van der Waals surface area contributed by atoms with Crippen molar-refractivity contribution in [1.82, 2.24) is 0 Å². The van der Waals surface area contributed by atoms with Crippen molar-refractivity contribution >= 4 is 11.9 Å². The molecule has 0 saturated carbocycles. The molecule has 27 heavy (non-hydrogen) atoms. The molecule has 1 rings (SSSR count). The van der Waals surface area contributed by atoms with Crippen LogP contribution in [0.3, 0.4) is 0 Å². The summed E-state index contributed by atoms with van der Waals surface area (Å²) in [6.07, 6.45) is 0. The molecule has 0 bridgehead atoms. The van der Waals surface area contributed by atoms with Crippen molar-refractivity contribution in [1.29, 1.82) is 0 Å². The molecule has 1 aromatic carbocycles. The molecule has 0 aliphatic rings. The molecule has 0 amide bonds. The largest absolute Gasteiger partial charge is 0.458 e. The van der Waals surface area contributed by atoms with Crippen LogP contribution in [0.1, 0.15) is 34.6 Å². The van der Waals surface area contributed by atoms with Crippen LogP contribution in [0, 0.1) is 0 Å². The minimum absolute atomic E-state index is 0.0278. The van der Waals surface area contributed by atoms with Gasteiger partial charge in [-0.2, -0.15) is 0 Å². The molecule has 150 valence electrons. The number of esters is 2. The Bertz CT molecular complexity index is 570. The maximum Gasteiger partial charge on any atom is 0.339 e. The van der Waals surface area contributed by atoms with E-state index in [1.54, 1.807) is 26.0 Å². The van der Waals surface area contributed by atoms with E-state index < -0.39 is 11.9 Å². The third-order valence-corrected chi connectivity index (χ3v) is 2.74. The lowest BCUT2D eigenvalue weighted by atomic mass is 10.1. The average Bonchev–Trinajstić information content (AvgIpc) is 2.65. The van der Waals surface area contributed by atoms with Crippen molar-refractivity contribution in [3.05, 3.63) is 59.7 Å². The number of carbonyl (C=O) groups is 2. The van der Waals surface area contributed by atoms with E-state index in [4.69, 9.17) is 19.7 Å². The van der Waals surface area contributed by atoms with Gasteiger partial charge in [-0.1, -0.05) is 25.3 Å². The van der Waals surface area contributed by atoms with Gasteiger partial charge >= 0.3 is 11.9 Å². The maximum absolute atomic E-state index is 11.9. The summed E-state index contributed by atoms with van der Waals surface area (Å²) in [6, 6.07) is 6.37. The Labute approximate surface area is 159 Å². The zero-order valence-corrected chi connectivity index (χ0v) is 15.9. The second-order valence-electron chi connectivity index (χ2n) is 5.67. The van der Waals surface area contributed by atoms with Crippen LogP contribution >= 0.6 is 0 Å². The number of rotatable bonds is 10. The van der Waals surface area contributed by atoms with Crippen molar-refractivity contribution in [3.63, 3.8) is 0 Å². The highest BCUT2D eigenvalue weighted by Crippen LogP contribution is 2.13. The smallest absolute Gasteiger partial charge is 0.339 e. The van der Waals surface area contributed by atoms with Gasteiger partial charge in [0, 0.05) is 0 Å². The van der Waals surface area contributed by atoms with E-state index in [1.165, 1.54) is 12.1 Å². The molecule has 0 heterocycles. The second kappa shape index (κ2) is 14.7. The fourth-order valence-corrected chi connectivity index (χ4v) is 1.60. The van der Waals surface area contributed by atoms with Crippen molar-refractivity contribution in [2.24, 2.45) is 0 Å². The van der Waals surface area contributed by atoms with E-state index in [-0.39, 0.29) is 37.6 Å². The molecule has 0 unspecified atom stereocenters. The summed E-state index contributed by atoms with van der Waals surface area (Å²) in [5, 5.41) is 16.2. The molecule has 0 spiro atoms. The second-order valence-corrected chi connectivity index (χ2v) is 5.67. The van der Waals surface area contributed by atoms with Gasteiger partial charge in [-0.15, -0.1) is 0 Å². The number of benzene rings is 1.